The Balaban J connectivity index is 1.64. The van der Waals surface area contributed by atoms with Crippen molar-refractivity contribution in [1.29, 1.82) is 0 Å². The van der Waals surface area contributed by atoms with Crippen LogP contribution in [0.25, 0.3) is 0 Å². The third-order valence-electron chi connectivity index (χ3n) is 6.93. The van der Waals surface area contributed by atoms with Gasteiger partial charge in [0.1, 0.15) is 10.6 Å². The van der Waals surface area contributed by atoms with Gasteiger partial charge in [-0.25, -0.2) is 13.1 Å². The van der Waals surface area contributed by atoms with Crippen LogP contribution in [0.5, 0.6) is 5.75 Å². The lowest BCUT2D eigenvalue weighted by molar-refractivity contribution is 0.180. The summed E-state index contributed by atoms with van der Waals surface area (Å²) >= 11 is 0. The average molecular weight is 494 g/mol. The van der Waals surface area contributed by atoms with Crippen molar-refractivity contribution in [2.45, 2.75) is 37.8 Å². The highest BCUT2D eigenvalue weighted by atomic mass is 32.2. The Bertz CT molecular complexity index is 1290. The molecule has 0 unspecified atom stereocenters. The second-order valence-electron chi connectivity index (χ2n) is 9.43. The summed E-state index contributed by atoms with van der Waals surface area (Å²) in [5.41, 5.74) is 6.76. The molecule has 0 aliphatic carbocycles. The Hall–Kier alpha value is -2.87. The van der Waals surface area contributed by atoms with Gasteiger partial charge in [0.2, 0.25) is 10.0 Å². The van der Waals surface area contributed by atoms with Gasteiger partial charge in [-0.05, 0) is 72.4 Å². The van der Waals surface area contributed by atoms with E-state index < -0.39 is 10.0 Å². The number of anilines is 1. The first-order valence-corrected chi connectivity index (χ1v) is 13.4. The fourth-order valence-electron chi connectivity index (χ4n) is 4.64. The number of nitrogens with zero attached hydrogens (tertiary/aromatic N) is 2. The third-order valence-corrected chi connectivity index (χ3v) is 8.38. The standard InChI is InChI=1S/C28H35N3O3S/c1-20-16-27(34-5)28(17-21(20)2)35(32,33)29-18-26(23-10-12-25(13-11-23)30(3)4)31-15-14-22-8-6-7-9-24(22)19-31/h6-13,16-17,26,29H,14-15,18-19H2,1-5H3/t26-/m0/s1. The number of aryl methyl sites for hydroxylation is 2. The second kappa shape index (κ2) is 10.4. The molecule has 186 valence electrons. The van der Waals surface area contributed by atoms with Gasteiger partial charge in [0, 0.05) is 45.5 Å². The zero-order chi connectivity index (χ0) is 25.2. The molecule has 0 amide bonds. The summed E-state index contributed by atoms with van der Waals surface area (Å²) in [4.78, 5) is 4.60. The minimum Gasteiger partial charge on any atom is -0.495 e. The van der Waals surface area contributed by atoms with Crippen LogP contribution >= 0.6 is 0 Å². The summed E-state index contributed by atoms with van der Waals surface area (Å²) < 4.78 is 35.1. The number of sulfonamides is 1. The van der Waals surface area contributed by atoms with E-state index >= 15 is 0 Å². The second-order valence-corrected chi connectivity index (χ2v) is 11.2. The van der Waals surface area contributed by atoms with Gasteiger partial charge in [0.15, 0.2) is 0 Å². The SMILES string of the molecule is COc1cc(C)c(C)cc1S(=O)(=O)NC[C@@H](c1ccc(N(C)C)cc1)N1CCc2ccccc2C1. The van der Waals surface area contributed by atoms with Crippen LogP contribution in [0.4, 0.5) is 5.69 Å². The van der Waals surface area contributed by atoms with Crippen LogP contribution in [-0.2, 0) is 23.0 Å². The molecule has 0 spiro atoms. The van der Waals surface area contributed by atoms with E-state index in [1.54, 1.807) is 12.1 Å². The van der Waals surface area contributed by atoms with Gasteiger partial charge in [-0.2, -0.15) is 0 Å². The summed E-state index contributed by atoms with van der Waals surface area (Å²) in [5, 5.41) is 0. The lowest BCUT2D eigenvalue weighted by atomic mass is 9.96. The summed E-state index contributed by atoms with van der Waals surface area (Å²) in [6, 6.07) is 20.2. The van der Waals surface area contributed by atoms with Crippen LogP contribution < -0.4 is 14.4 Å². The monoisotopic (exact) mass is 493 g/mol. The highest BCUT2D eigenvalue weighted by molar-refractivity contribution is 7.89. The van der Waals surface area contributed by atoms with Crippen LogP contribution in [0, 0.1) is 13.8 Å². The Morgan fingerprint density at radius 3 is 2.31 bits per heavy atom. The molecule has 1 heterocycles. The zero-order valence-electron chi connectivity index (χ0n) is 21.2. The molecule has 0 saturated carbocycles. The number of fused-ring (bicyclic) bond motifs is 1. The van der Waals surface area contributed by atoms with Crippen molar-refractivity contribution in [3.05, 3.63) is 88.5 Å². The molecule has 0 fully saturated rings. The third kappa shape index (κ3) is 5.53. The van der Waals surface area contributed by atoms with Crippen LogP contribution in [-0.4, -0.2) is 47.6 Å². The maximum Gasteiger partial charge on any atom is 0.244 e. The van der Waals surface area contributed by atoms with Crippen LogP contribution in [0.2, 0.25) is 0 Å². The van der Waals surface area contributed by atoms with E-state index in [9.17, 15) is 8.42 Å². The number of nitrogens with one attached hydrogen (secondary N) is 1. The van der Waals surface area contributed by atoms with Crippen LogP contribution in [0.1, 0.15) is 33.9 Å². The maximum atomic E-state index is 13.4. The summed E-state index contributed by atoms with van der Waals surface area (Å²) in [6.07, 6.45) is 0.945. The smallest absolute Gasteiger partial charge is 0.244 e. The lowest BCUT2D eigenvalue weighted by Gasteiger charge is -2.36. The van der Waals surface area contributed by atoms with Gasteiger partial charge in [-0.15, -0.1) is 0 Å². The molecule has 4 rings (SSSR count). The summed E-state index contributed by atoms with van der Waals surface area (Å²) in [5.74, 6) is 0.361. The van der Waals surface area contributed by atoms with Crippen molar-refractivity contribution in [1.82, 2.24) is 9.62 Å². The number of benzene rings is 3. The molecule has 0 radical (unpaired) electrons. The fourth-order valence-corrected chi connectivity index (χ4v) is 5.91. The van der Waals surface area contributed by atoms with Gasteiger partial charge in [-0.1, -0.05) is 36.4 Å². The van der Waals surface area contributed by atoms with Crippen molar-refractivity contribution in [2.24, 2.45) is 0 Å². The number of hydrogen-bond donors (Lipinski definition) is 1. The molecular formula is C28H35N3O3S. The summed E-state index contributed by atoms with van der Waals surface area (Å²) in [6.45, 7) is 5.77. The molecule has 6 nitrogen and oxygen atoms in total. The van der Waals surface area contributed by atoms with E-state index in [1.165, 1.54) is 18.2 Å². The van der Waals surface area contributed by atoms with Crippen molar-refractivity contribution >= 4 is 15.7 Å². The molecule has 1 aliphatic rings. The Morgan fingerprint density at radius 2 is 1.66 bits per heavy atom. The van der Waals surface area contributed by atoms with Crippen molar-refractivity contribution < 1.29 is 13.2 Å². The van der Waals surface area contributed by atoms with Crippen molar-refractivity contribution in [2.75, 3.05) is 39.2 Å². The number of methoxy groups -OCH3 is 1. The number of hydrogen-bond acceptors (Lipinski definition) is 5. The minimum absolute atomic E-state index is 0.105. The van der Waals surface area contributed by atoms with E-state index in [0.717, 1.165) is 41.9 Å². The highest BCUT2D eigenvalue weighted by Crippen LogP contribution is 2.31. The Labute approximate surface area is 209 Å². The predicted octanol–water partition coefficient (Wildman–Crippen LogP) is 4.46. The van der Waals surface area contributed by atoms with Crippen molar-refractivity contribution in [3.63, 3.8) is 0 Å². The van der Waals surface area contributed by atoms with E-state index in [2.05, 4.69) is 63.1 Å². The fraction of sp³-hybridized carbons (Fsp3) is 0.357. The molecule has 7 heteroatoms. The molecule has 0 bridgehead atoms. The maximum absolute atomic E-state index is 13.4. The normalized spacial score (nSPS) is 14.9. The quantitative estimate of drug-likeness (QED) is 0.502. The molecule has 1 N–H and O–H groups in total. The molecule has 0 saturated heterocycles. The van der Waals surface area contributed by atoms with Gasteiger partial charge >= 0.3 is 0 Å². The van der Waals surface area contributed by atoms with E-state index in [4.69, 9.17) is 4.74 Å². The highest BCUT2D eigenvalue weighted by Gasteiger charge is 2.28. The topological polar surface area (TPSA) is 61.9 Å². The molecular weight excluding hydrogens is 458 g/mol. The van der Waals surface area contributed by atoms with Gasteiger partial charge in [-0.3, -0.25) is 4.90 Å². The van der Waals surface area contributed by atoms with E-state index in [1.807, 2.05) is 27.9 Å². The molecule has 0 aromatic heterocycles. The zero-order valence-corrected chi connectivity index (χ0v) is 22.0. The van der Waals surface area contributed by atoms with Gasteiger partial charge in [0.25, 0.3) is 0 Å². The minimum atomic E-state index is -3.78. The summed E-state index contributed by atoms with van der Waals surface area (Å²) in [7, 11) is 1.75. The first-order chi connectivity index (χ1) is 16.7. The molecule has 3 aromatic rings. The van der Waals surface area contributed by atoms with Gasteiger partial charge < -0.3 is 9.64 Å². The van der Waals surface area contributed by atoms with Gasteiger partial charge in [0.05, 0.1) is 7.11 Å². The first kappa shape index (κ1) is 25.2. The van der Waals surface area contributed by atoms with E-state index in [-0.39, 0.29) is 17.5 Å². The number of rotatable bonds is 8. The first-order valence-electron chi connectivity index (χ1n) is 11.9. The van der Waals surface area contributed by atoms with E-state index in [0.29, 0.717) is 5.75 Å². The average Bonchev–Trinajstić information content (AvgIpc) is 2.85. The molecule has 1 aliphatic heterocycles. The largest absolute Gasteiger partial charge is 0.495 e. The van der Waals surface area contributed by atoms with Crippen LogP contribution in [0.3, 0.4) is 0 Å². The molecule has 1 atom stereocenters. The molecule has 35 heavy (non-hydrogen) atoms. The Kier molecular flexibility index (Phi) is 7.50. The van der Waals surface area contributed by atoms with Crippen molar-refractivity contribution in [3.8, 4) is 5.75 Å². The Morgan fingerprint density at radius 1 is 1.00 bits per heavy atom. The van der Waals surface area contributed by atoms with Crippen LogP contribution in [0.15, 0.2) is 65.6 Å². The lowest BCUT2D eigenvalue weighted by Crippen LogP contribution is -2.40. The molecule has 3 aromatic carbocycles. The number of ether oxygens (including phenoxy) is 1. The predicted molar refractivity (Wildman–Crippen MR) is 142 cm³/mol.